The van der Waals surface area contributed by atoms with Crippen LogP contribution < -0.4 is 21.7 Å². The van der Waals surface area contributed by atoms with Gasteiger partial charge in [-0.05, 0) is 35.4 Å². The summed E-state index contributed by atoms with van der Waals surface area (Å²) in [6.07, 6.45) is -0.0828. The van der Waals surface area contributed by atoms with Gasteiger partial charge in [-0.1, -0.05) is 24.3 Å². The Balaban J connectivity index is 2.22. The zero-order chi connectivity index (χ0) is 26.0. The SMILES string of the molecule is NCC(=O)NC(CS)C(=O)NC(Cc1ccc(O)cc1)C(=O)NC(Cc1ccc(O)cc1)C(=O)O. The maximum atomic E-state index is 13.1. The molecule has 0 aliphatic heterocycles. The Morgan fingerprint density at radius 3 is 1.60 bits per heavy atom. The predicted octanol–water partition coefficient (Wildman–Crippen LogP) is -0.689. The standard InChI is InChI=1S/C23H28N4O7S/c24-11-20(30)25-19(12-35)22(32)26-17(9-13-1-5-15(28)6-2-13)21(31)27-18(23(33)34)10-14-3-7-16(29)8-4-14/h1-8,17-19,28-29,35H,9-12,24H2,(H,25,30)(H,26,32)(H,27,31)(H,33,34). The summed E-state index contributed by atoms with van der Waals surface area (Å²) in [4.78, 5) is 49.3. The lowest BCUT2D eigenvalue weighted by Gasteiger charge is -2.24. The van der Waals surface area contributed by atoms with Crippen molar-refractivity contribution >= 4 is 36.3 Å². The Morgan fingerprint density at radius 1 is 0.743 bits per heavy atom. The fourth-order valence-electron chi connectivity index (χ4n) is 3.14. The maximum Gasteiger partial charge on any atom is 0.326 e. The van der Waals surface area contributed by atoms with E-state index in [9.17, 15) is 34.5 Å². The van der Waals surface area contributed by atoms with Crippen LogP contribution in [0.5, 0.6) is 11.5 Å². The summed E-state index contributed by atoms with van der Waals surface area (Å²) in [6, 6.07) is 8.21. The quantitative estimate of drug-likeness (QED) is 0.174. The van der Waals surface area contributed by atoms with Gasteiger partial charge in [-0.15, -0.1) is 0 Å². The average molecular weight is 505 g/mol. The second kappa shape index (κ2) is 13.2. The molecule has 8 N–H and O–H groups in total. The van der Waals surface area contributed by atoms with Crippen LogP contribution >= 0.6 is 12.6 Å². The number of aromatic hydroxyl groups is 2. The van der Waals surface area contributed by atoms with E-state index in [2.05, 4.69) is 28.6 Å². The number of phenolic OH excluding ortho intramolecular Hbond substituents is 2. The van der Waals surface area contributed by atoms with Crippen LogP contribution in [-0.4, -0.2) is 69.4 Å². The summed E-state index contributed by atoms with van der Waals surface area (Å²) in [6.45, 7) is -0.341. The zero-order valence-corrected chi connectivity index (χ0v) is 19.6. The van der Waals surface area contributed by atoms with Gasteiger partial charge in [0, 0.05) is 18.6 Å². The van der Waals surface area contributed by atoms with Crippen LogP contribution in [0.25, 0.3) is 0 Å². The van der Waals surface area contributed by atoms with E-state index in [-0.39, 0.29) is 36.6 Å². The third kappa shape index (κ3) is 8.83. The van der Waals surface area contributed by atoms with Gasteiger partial charge in [0.05, 0.1) is 6.54 Å². The van der Waals surface area contributed by atoms with E-state index < -0.39 is 41.8 Å². The van der Waals surface area contributed by atoms with Crippen LogP contribution in [-0.2, 0) is 32.0 Å². The van der Waals surface area contributed by atoms with Gasteiger partial charge in [-0.3, -0.25) is 14.4 Å². The number of hydrogen-bond acceptors (Lipinski definition) is 8. The van der Waals surface area contributed by atoms with Crippen molar-refractivity contribution in [1.82, 2.24) is 16.0 Å². The summed E-state index contributed by atoms with van der Waals surface area (Å²) in [5.41, 5.74) is 6.42. The van der Waals surface area contributed by atoms with Crippen LogP contribution in [0.1, 0.15) is 11.1 Å². The molecule has 2 rings (SSSR count). The summed E-state index contributed by atoms with van der Waals surface area (Å²) in [7, 11) is 0. The van der Waals surface area contributed by atoms with Crippen molar-refractivity contribution < 1.29 is 34.5 Å². The van der Waals surface area contributed by atoms with E-state index >= 15 is 0 Å². The Morgan fingerprint density at radius 2 is 1.17 bits per heavy atom. The number of amides is 3. The Bertz CT molecular complexity index is 1030. The number of carbonyl (C=O) groups is 4. The van der Waals surface area contributed by atoms with Gasteiger partial charge in [-0.25, -0.2) is 4.79 Å². The molecule has 11 nitrogen and oxygen atoms in total. The fourth-order valence-corrected chi connectivity index (χ4v) is 3.39. The molecule has 188 valence electrons. The van der Waals surface area contributed by atoms with E-state index in [1.165, 1.54) is 36.4 Å². The number of rotatable bonds is 12. The van der Waals surface area contributed by atoms with E-state index in [1.807, 2.05) is 0 Å². The van der Waals surface area contributed by atoms with Gasteiger partial charge in [0.25, 0.3) is 0 Å². The number of thiol groups is 1. The predicted molar refractivity (Wildman–Crippen MR) is 130 cm³/mol. The van der Waals surface area contributed by atoms with Crippen LogP contribution in [0.4, 0.5) is 0 Å². The number of hydrogen-bond donors (Lipinski definition) is 8. The number of benzene rings is 2. The third-order valence-corrected chi connectivity index (χ3v) is 5.38. The molecule has 2 aromatic carbocycles. The normalized spacial score (nSPS) is 13.2. The smallest absolute Gasteiger partial charge is 0.326 e. The van der Waals surface area contributed by atoms with Crippen molar-refractivity contribution in [2.24, 2.45) is 5.73 Å². The topological polar surface area (TPSA) is 191 Å². The van der Waals surface area contributed by atoms with Gasteiger partial charge in [0.1, 0.15) is 29.6 Å². The first kappa shape index (κ1) is 27.5. The Hall–Kier alpha value is -3.77. The first-order chi connectivity index (χ1) is 16.6. The summed E-state index contributed by atoms with van der Waals surface area (Å²) in [5.74, 6) is -3.38. The molecule has 3 atom stereocenters. The van der Waals surface area contributed by atoms with Crippen molar-refractivity contribution in [2.45, 2.75) is 31.0 Å². The Kier molecular flexibility index (Phi) is 10.4. The molecule has 0 spiro atoms. The monoisotopic (exact) mass is 504 g/mol. The first-order valence-corrected chi connectivity index (χ1v) is 11.3. The molecule has 0 aromatic heterocycles. The lowest BCUT2D eigenvalue weighted by molar-refractivity contribution is -0.142. The highest BCUT2D eigenvalue weighted by Gasteiger charge is 2.29. The van der Waals surface area contributed by atoms with Crippen LogP contribution in [0, 0.1) is 0 Å². The maximum absolute atomic E-state index is 13.1. The van der Waals surface area contributed by atoms with Crippen LogP contribution in [0.3, 0.4) is 0 Å². The molecule has 0 saturated heterocycles. The van der Waals surface area contributed by atoms with Crippen molar-refractivity contribution in [3.63, 3.8) is 0 Å². The number of aliphatic carboxylic acids is 1. The molecule has 0 aliphatic carbocycles. The minimum Gasteiger partial charge on any atom is -0.508 e. The highest BCUT2D eigenvalue weighted by molar-refractivity contribution is 7.80. The number of nitrogens with two attached hydrogens (primary N) is 1. The minimum absolute atomic E-state index is 0.0123. The Labute approximate surface area is 207 Å². The fraction of sp³-hybridized carbons (Fsp3) is 0.304. The molecule has 0 aliphatic rings. The van der Waals surface area contributed by atoms with Gasteiger partial charge in [0.15, 0.2) is 0 Å². The molecule has 0 bridgehead atoms. The highest BCUT2D eigenvalue weighted by atomic mass is 32.1. The van der Waals surface area contributed by atoms with Gasteiger partial charge < -0.3 is 37.0 Å². The van der Waals surface area contributed by atoms with Crippen molar-refractivity contribution in [3.05, 3.63) is 59.7 Å². The second-order valence-corrected chi connectivity index (χ2v) is 8.07. The van der Waals surface area contributed by atoms with Gasteiger partial charge in [0.2, 0.25) is 17.7 Å². The number of phenols is 2. The number of carbonyl (C=O) groups excluding carboxylic acids is 3. The zero-order valence-electron chi connectivity index (χ0n) is 18.7. The molecular formula is C23H28N4O7S. The molecule has 0 heterocycles. The molecule has 0 saturated carbocycles. The lowest BCUT2D eigenvalue weighted by Crippen LogP contribution is -2.57. The molecule has 0 fully saturated rings. The average Bonchev–Trinajstić information content (AvgIpc) is 2.83. The van der Waals surface area contributed by atoms with E-state index in [1.54, 1.807) is 12.1 Å². The summed E-state index contributed by atoms with van der Waals surface area (Å²) in [5, 5.41) is 35.9. The molecular weight excluding hydrogens is 476 g/mol. The molecule has 3 amide bonds. The highest BCUT2D eigenvalue weighted by Crippen LogP contribution is 2.13. The second-order valence-electron chi connectivity index (χ2n) is 7.71. The van der Waals surface area contributed by atoms with E-state index in [0.29, 0.717) is 11.1 Å². The number of nitrogens with one attached hydrogen (secondary N) is 3. The molecule has 0 radical (unpaired) electrons. The van der Waals surface area contributed by atoms with E-state index in [4.69, 9.17) is 5.73 Å². The molecule has 35 heavy (non-hydrogen) atoms. The summed E-state index contributed by atoms with van der Waals surface area (Å²) < 4.78 is 0. The third-order valence-electron chi connectivity index (χ3n) is 5.02. The largest absolute Gasteiger partial charge is 0.508 e. The first-order valence-electron chi connectivity index (χ1n) is 10.6. The summed E-state index contributed by atoms with van der Waals surface area (Å²) >= 11 is 4.06. The molecule has 2 aromatic rings. The van der Waals surface area contributed by atoms with Gasteiger partial charge >= 0.3 is 5.97 Å². The number of carboxylic acids is 1. The molecule has 12 heteroatoms. The van der Waals surface area contributed by atoms with Crippen molar-refractivity contribution in [1.29, 1.82) is 0 Å². The van der Waals surface area contributed by atoms with Crippen LogP contribution in [0.2, 0.25) is 0 Å². The van der Waals surface area contributed by atoms with E-state index in [0.717, 1.165) is 0 Å². The van der Waals surface area contributed by atoms with Crippen LogP contribution in [0.15, 0.2) is 48.5 Å². The minimum atomic E-state index is -1.32. The van der Waals surface area contributed by atoms with Crippen molar-refractivity contribution in [2.75, 3.05) is 12.3 Å². The van der Waals surface area contributed by atoms with Crippen molar-refractivity contribution in [3.8, 4) is 11.5 Å². The molecule has 3 unspecified atom stereocenters. The lowest BCUT2D eigenvalue weighted by atomic mass is 10.0. The number of carboxylic acid groups (broad SMARTS) is 1. The van der Waals surface area contributed by atoms with Gasteiger partial charge in [-0.2, -0.15) is 12.6 Å².